The number of hydrogen-bond donors (Lipinski definition) is 1. The highest BCUT2D eigenvalue weighted by Gasteiger charge is 2.27. The average Bonchev–Trinajstić information content (AvgIpc) is 2.65. The van der Waals surface area contributed by atoms with Gasteiger partial charge in [0.15, 0.2) is 0 Å². The molecule has 1 N–H and O–H groups in total. The largest absolute Gasteiger partial charge is 0.353 e. The Morgan fingerprint density at radius 3 is 2.67 bits per heavy atom. The SMILES string of the molecule is C[C@H]1[C@H](C)CCC[C@H]1NC(=O)CCn1nc(-c2ccc(Cl)cc2)ccc1=O. The summed E-state index contributed by atoms with van der Waals surface area (Å²) < 4.78 is 1.36. The zero-order valence-electron chi connectivity index (χ0n) is 15.8. The van der Waals surface area contributed by atoms with Gasteiger partial charge in [-0.15, -0.1) is 0 Å². The molecular weight excluding hydrogens is 362 g/mol. The quantitative estimate of drug-likeness (QED) is 0.846. The van der Waals surface area contributed by atoms with Crippen LogP contribution in [0.4, 0.5) is 0 Å². The summed E-state index contributed by atoms with van der Waals surface area (Å²) in [6.07, 6.45) is 3.65. The van der Waals surface area contributed by atoms with Gasteiger partial charge in [-0.3, -0.25) is 9.59 Å². The first kappa shape index (κ1) is 19.6. The van der Waals surface area contributed by atoms with Crippen molar-refractivity contribution < 1.29 is 4.79 Å². The van der Waals surface area contributed by atoms with Crippen LogP contribution in [0, 0.1) is 11.8 Å². The lowest BCUT2D eigenvalue weighted by Gasteiger charge is -2.34. The molecule has 144 valence electrons. The van der Waals surface area contributed by atoms with Crippen LogP contribution in [-0.4, -0.2) is 21.7 Å². The fraction of sp³-hybridized carbons (Fsp3) is 0.476. The number of aromatic nitrogens is 2. The lowest BCUT2D eigenvalue weighted by molar-refractivity contribution is -0.122. The van der Waals surface area contributed by atoms with E-state index in [0.29, 0.717) is 22.6 Å². The third-order valence-corrected chi connectivity index (χ3v) is 5.86. The van der Waals surface area contributed by atoms with E-state index in [2.05, 4.69) is 24.3 Å². The van der Waals surface area contributed by atoms with Crippen molar-refractivity contribution in [3.05, 3.63) is 51.8 Å². The fourth-order valence-electron chi connectivity index (χ4n) is 3.66. The first-order valence-electron chi connectivity index (χ1n) is 9.57. The maximum absolute atomic E-state index is 12.4. The molecule has 1 saturated carbocycles. The summed E-state index contributed by atoms with van der Waals surface area (Å²) in [5, 5.41) is 8.19. The summed E-state index contributed by atoms with van der Waals surface area (Å²) >= 11 is 5.92. The lowest BCUT2D eigenvalue weighted by atomic mass is 9.78. The Morgan fingerprint density at radius 1 is 1.19 bits per heavy atom. The molecule has 1 aliphatic carbocycles. The van der Waals surface area contributed by atoms with Crippen LogP contribution in [0.1, 0.15) is 39.5 Å². The molecular formula is C21H26ClN3O2. The van der Waals surface area contributed by atoms with Crippen LogP contribution in [0.15, 0.2) is 41.2 Å². The minimum atomic E-state index is -0.208. The molecule has 1 aromatic heterocycles. The molecule has 1 aliphatic rings. The summed E-state index contributed by atoms with van der Waals surface area (Å²) in [6, 6.07) is 10.7. The number of halogens is 1. The van der Waals surface area contributed by atoms with Gasteiger partial charge in [-0.25, -0.2) is 4.68 Å². The third kappa shape index (κ3) is 4.98. The van der Waals surface area contributed by atoms with E-state index in [1.165, 1.54) is 17.2 Å². The topological polar surface area (TPSA) is 64.0 Å². The van der Waals surface area contributed by atoms with E-state index < -0.39 is 0 Å². The number of carbonyl (C=O) groups is 1. The molecule has 1 fully saturated rings. The van der Waals surface area contributed by atoms with Crippen LogP contribution in [0.3, 0.4) is 0 Å². The predicted molar refractivity (Wildman–Crippen MR) is 108 cm³/mol. The van der Waals surface area contributed by atoms with Crippen LogP contribution < -0.4 is 10.9 Å². The van der Waals surface area contributed by atoms with Crippen LogP contribution in [-0.2, 0) is 11.3 Å². The molecule has 0 aliphatic heterocycles. The second-order valence-electron chi connectivity index (χ2n) is 7.48. The Labute approximate surface area is 164 Å². The zero-order chi connectivity index (χ0) is 19.4. The Kier molecular flexibility index (Phi) is 6.32. The monoisotopic (exact) mass is 387 g/mol. The molecule has 0 bridgehead atoms. The van der Waals surface area contributed by atoms with Gasteiger partial charge in [0.2, 0.25) is 5.91 Å². The van der Waals surface area contributed by atoms with Crippen molar-refractivity contribution in [2.24, 2.45) is 11.8 Å². The molecule has 0 saturated heterocycles. The summed E-state index contributed by atoms with van der Waals surface area (Å²) in [7, 11) is 0. The zero-order valence-corrected chi connectivity index (χ0v) is 16.6. The highest BCUT2D eigenvalue weighted by Crippen LogP contribution is 2.29. The number of nitrogens with one attached hydrogen (secondary N) is 1. The van der Waals surface area contributed by atoms with E-state index in [4.69, 9.17) is 11.6 Å². The van der Waals surface area contributed by atoms with Gasteiger partial charge in [0, 0.05) is 29.1 Å². The number of amides is 1. The van der Waals surface area contributed by atoms with E-state index in [1.54, 1.807) is 18.2 Å². The van der Waals surface area contributed by atoms with E-state index in [1.807, 2.05) is 12.1 Å². The van der Waals surface area contributed by atoms with E-state index in [9.17, 15) is 9.59 Å². The smallest absolute Gasteiger partial charge is 0.266 e. The minimum absolute atomic E-state index is 0.0217. The molecule has 27 heavy (non-hydrogen) atoms. The first-order valence-corrected chi connectivity index (χ1v) is 9.95. The highest BCUT2D eigenvalue weighted by atomic mass is 35.5. The molecule has 3 atom stereocenters. The van der Waals surface area contributed by atoms with Gasteiger partial charge in [0.25, 0.3) is 5.56 Å². The summed E-state index contributed by atoms with van der Waals surface area (Å²) in [6.45, 7) is 4.72. The molecule has 3 rings (SSSR count). The molecule has 6 heteroatoms. The summed E-state index contributed by atoms with van der Waals surface area (Å²) in [5.74, 6) is 1.09. The molecule has 0 spiro atoms. The second kappa shape index (κ2) is 8.70. The maximum atomic E-state index is 12.4. The van der Waals surface area contributed by atoms with Crippen LogP contribution in [0.25, 0.3) is 11.3 Å². The Balaban J connectivity index is 1.63. The van der Waals surface area contributed by atoms with Crippen molar-refractivity contribution >= 4 is 17.5 Å². The van der Waals surface area contributed by atoms with Gasteiger partial charge in [0.1, 0.15) is 0 Å². The maximum Gasteiger partial charge on any atom is 0.266 e. The van der Waals surface area contributed by atoms with Crippen molar-refractivity contribution in [2.45, 2.75) is 52.1 Å². The predicted octanol–water partition coefficient (Wildman–Crippen LogP) is 3.89. The third-order valence-electron chi connectivity index (χ3n) is 5.61. The molecule has 5 nitrogen and oxygen atoms in total. The van der Waals surface area contributed by atoms with Crippen LogP contribution >= 0.6 is 11.6 Å². The molecule has 1 aromatic carbocycles. The van der Waals surface area contributed by atoms with Gasteiger partial charge in [-0.2, -0.15) is 5.10 Å². The van der Waals surface area contributed by atoms with Gasteiger partial charge in [0.05, 0.1) is 12.2 Å². The summed E-state index contributed by atoms with van der Waals surface area (Å²) in [4.78, 5) is 24.5. The van der Waals surface area contributed by atoms with Crippen molar-refractivity contribution in [1.82, 2.24) is 15.1 Å². The average molecular weight is 388 g/mol. The molecule has 2 aromatic rings. The molecule has 0 unspecified atom stereocenters. The molecule has 0 radical (unpaired) electrons. The van der Waals surface area contributed by atoms with E-state index >= 15 is 0 Å². The van der Waals surface area contributed by atoms with Crippen molar-refractivity contribution in [3.63, 3.8) is 0 Å². The molecule has 1 heterocycles. The number of rotatable bonds is 5. The standard InChI is InChI=1S/C21H26ClN3O2/c1-14-4-3-5-18(15(14)2)23-20(26)12-13-25-21(27)11-10-19(24-25)16-6-8-17(22)9-7-16/h6-11,14-15,18H,3-5,12-13H2,1-2H3,(H,23,26)/t14-,15+,18-/m1/s1. The van der Waals surface area contributed by atoms with E-state index in [-0.39, 0.29) is 30.5 Å². The van der Waals surface area contributed by atoms with Crippen molar-refractivity contribution in [1.29, 1.82) is 0 Å². The van der Waals surface area contributed by atoms with Gasteiger partial charge >= 0.3 is 0 Å². The van der Waals surface area contributed by atoms with E-state index in [0.717, 1.165) is 18.4 Å². The normalized spacial score (nSPS) is 22.4. The number of nitrogens with zero attached hydrogens (tertiary/aromatic N) is 2. The van der Waals surface area contributed by atoms with Crippen LogP contribution in [0.5, 0.6) is 0 Å². The number of carbonyl (C=O) groups excluding carboxylic acids is 1. The number of hydrogen-bond acceptors (Lipinski definition) is 3. The number of benzene rings is 1. The van der Waals surface area contributed by atoms with Gasteiger partial charge in [-0.1, -0.05) is 50.4 Å². The Hall–Kier alpha value is -2.14. The first-order chi connectivity index (χ1) is 12.9. The van der Waals surface area contributed by atoms with Crippen molar-refractivity contribution in [2.75, 3.05) is 0 Å². The molecule has 1 amide bonds. The highest BCUT2D eigenvalue weighted by molar-refractivity contribution is 6.30. The van der Waals surface area contributed by atoms with Crippen LogP contribution in [0.2, 0.25) is 5.02 Å². The number of aryl methyl sites for hydroxylation is 1. The fourth-order valence-corrected chi connectivity index (χ4v) is 3.78. The minimum Gasteiger partial charge on any atom is -0.353 e. The van der Waals surface area contributed by atoms with Gasteiger partial charge in [-0.05, 0) is 36.5 Å². The van der Waals surface area contributed by atoms with Gasteiger partial charge < -0.3 is 5.32 Å². The lowest BCUT2D eigenvalue weighted by Crippen LogP contribution is -2.44. The summed E-state index contributed by atoms with van der Waals surface area (Å²) in [5.41, 5.74) is 1.35. The second-order valence-corrected chi connectivity index (χ2v) is 7.91. The van der Waals surface area contributed by atoms with Crippen molar-refractivity contribution in [3.8, 4) is 11.3 Å². The Morgan fingerprint density at radius 2 is 1.93 bits per heavy atom. The Bertz CT molecular complexity index is 847.